The number of rotatable bonds is 13. The van der Waals surface area contributed by atoms with Crippen LogP contribution in [-0.2, 0) is 0 Å². The van der Waals surface area contributed by atoms with Gasteiger partial charge in [0.2, 0.25) is 0 Å². The molecular weight excluding hydrogens is 224 g/mol. The highest BCUT2D eigenvalue weighted by atomic mass is 16.3. The third-order valence-corrected chi connectivity index (χ3v) is 3.69. The number of hydrogen-bond donors (Lipinski definition) is 2. The average molecular weight is 258 g/mol. The van der Waals surface area contributed by atoms with Crippen molar-refractivity contribution in [1.82, 2.24) is 0 Å². The van der Waals surface area contributed by atoms with Crippen molar-refractivity contribution in [3.8, 4) is 0 Å². The van der Waals surface area contributed by atoms with Crippen molar-refractivity contribution in [1.29, 1.82) is 0 Å². The Bertz CT molecular complexity index is 159. The van der Waals surface area contributed by atoms with Gasteiger partial charge in [0.25, 0.3) is 0 Å². The molecule has 0 rings (SSSR count). The van der Waals surface area contributed by atoms with Crippen LogP contribution in [0.25, 0.3) is 0 Å². The molecule has 0 aromatic heterocycles. The van der Waals surface area contributed by atoms with Crippen molar-refractivity contribution in [3.63, 3.8) is 0 Å². The van der Waals surface area contributed by atoms with Gasteiger partial charge in [-0.05, 0) is 25.7 Å². The van der Waals surface area contributed by atoms with Gasteiger partial charge < -0.3 is 10.2 Å². The van der Waals surface area contributed by atoms with Crippen LogP contribution < -0.4 is 0 Å². The van der Waals surface area contributed by atoms with Crippen LogP contribution >= 0.6 is 0 Å². The van der Waals surface area contributed by atoms with Crippen molar-refractivity contribution in [2.45, 2.75) is 103 Å². The van der Waals surface area contributed by atoms with E-state index in [4.69, 9.17) is 0 Å². The number of hydrogen-bond acceptors (Lipinski definition) is 2. The molecule has 2 atom stereocenters. The summed E-state index contributed by atoms with van der Waals surface area (Å²) in [4.78, 5) is 0. The SMILES string of the molecule is CCCCCCC(O)CCCCCCC(O)CC. The Balaban J connectivity index is 3.17. The van der Waals surface area contributed by atoms with Gasteiger partial charge in [0, 0.05) is 0 Å². The van der Waals surface area contributed by atoms with Crippen molar-refractivity contribution in [3.05, 3.63) is 0 Å². The first-order chi connectivity index (χ1) is 8.70. The fourth-order valence-corrected chi connectivity index (χ4v) is 2.27. The number of aliphatic hydroxyl groups excluding tert-OH is 2. The molecule has 0 amide bonds. The predicted octanol–water partition coefficient (Wildman–Crippen LogP) is 4.43. The van der Waals surface area contributed by atoms with E-state index in [9.17, 15) is 10.2 Å². The Morgan fingerprint density at radius 2 is 1.06 bits per heavy atom. The van der Waals surface area contributed by atoms with Gasteiger partial charge in [-0.15, -0.1) is 0 Å². The lowest BCUT2D eigenvalue weighted by molar-refractivity contribution is 0.145. The molecule has 0 saturated carbocycles. The standard InChI is InChI=1S/C16H34O2/c1-3-5-6-9-13-16(18)14-11-8-7-10-12-15(17)4-2/h15-18H,3-14H2,1-2H3. The minimum Gasteiger partial charge on any atom is -0.393 e. The zero-order valence-electron chi connectivity index (χ0n) is 12.5. The van der Waals surface area contributed by atoms with E-state index < -0.39 is 0 Å². The Morgan fingerprint density at radius 3 is 1.50 bits per heavy atom. The summed E-state index contributed by atoms with van der Waals surface area (Å²) in [5.74, 6) is 0. The van der Waals surface area contributed by atoms with E-state index in [2.05, 4.69) is 6.92 Å². The molecule has 0 aliphatic rings. The number of unbranched alkanes of at least 4 members (excludes halogenated alkanes) is 6. The van der Waals surface area contributed by atoms with Gasteiger partial charge in [0.1, 0.15) is 0 Å². The lowest BCUT2D eigenvalue weighted by atomic mass is 10.0. The molecule has 0 aromatic carbocycles. The van der Waals surface area contributed by atoms with Gasteiger partial charge >= 0.3 is 0 Å². The molecule has 2 heteroatoms. The first-order valence-electron chi connectivity index (χ1n) is 8.06. The zero-order valence-corrected chi connectivity index (χ0v) is 12.5. The second-order valence-electron chi connectivity index (χ2n) is 5.56. The maximum atomic E-state index is 9.79. The largest absolute Gasteiger partial charge is 0.393 e. The molecular formula is C16H34O2. The monoisotopic (exact) mass is 258 g/mol. The zero-order chi connectivity index (χ0) is 13.6. The molecule has 0 fully saturated rings. The molecule has 0 radical (unpaired) electrons. The molecule has 2 unspecified atom stereocenters. The third kappa shape index (κ3) is 12.4. The van der Waals surface area contributed by atoms with Gasteiger partial charge in [-0.1, -0.05) is 65.2 Å². The van der Waals surface area contributed by atoms with E-state index in [1.54, 1.807) is 0 Å². The van der Waals surface area contributed by atoms with Crippen LogP contribution in [0.1, 0.15) is 90.9 Å². The Morgan fingerprint density at radius 1 is 0.611 bits per heavy atom. The summed E-state index contributed by atoms with van der Waals surface area (Å²) in [5, 5.41) is 19.2. The van der Waals surface area contributed by atoms with Crippen LogP contribution in [0.5, 0.6) is 0 Å². The number of aliphatic hydroxyl groups is 2. The predicted molar refractivity (Wildman–Crippen MR) is 78.8 cm³/mol. The van der Waals surface area contributed by atoms with E-state index in [0.717, 1.165) is 38.5 Å². The first kappa shape index (κ1) is 17.9. The van der Waals surface area contributed by atoms with Crippen molar-refractivity contribution < 1.29 is 10.2 Å². The topological polar surface area (TPSA) is 40.5 Å². The second-order valence-corrected chi connectivity index (χ2v) is 5.56. The molecule has 2 N–H and O–H groups in total. The molecule has 0 saturated heterocycles. The van der Waals surface area contributed by atoms with Crippen molar-refractivity contribution in [2.75, 3.05) is 0 Å². The maximum Gasteiger partial charge on any atom is 0.0540 e. The molecule has 110 valence electrons. The van der Waals surface area contributed by atoms with Crippen LogP contribution in [0, 0.1) is 0 Å². The summed E-state index contributed by atoms with van der Waals surface area (Å²) in [5.41, 5.74) is 0. The first-order valence-corrected chi connectivity index (χ1v) is 8.06. The lowest BCUT2D eigenvalue weighted by Crippen LogP contribution is -2.06. The fraction of sp³-hybridized carbons (Fsp3) is 1.00. The van der Waals surface area contributed by atoms with Gasteiger partial charge in [-0.25, -0.2) is 0 Å². The van der Waals surface area contributed by atoms with Crippen LogP contribution in [0.2, 0.25) is 0 Å². The molecule has 0 heterocycles. The van der Waals surface area contributed by atoms with E-state index in [1.807, 2.05) is 6.92 Å². The Hall–Kier alpha value is -0.0800. The molecule has 2 nitrogen and oxygen atoms in total. The van der Waals surface area contributed by atoms with Crippen LogP contribution in [0.4, 0.5) is 0 Å². The minimum atomic E-state index is -0.103. The molecule has 18 heavy (non-hydrogen) atoms. The summed E-state index contributed by atoms with van der Waals surface area (Å²) < 4.78 is 0. The van der Waals surface area contributed by atoms with Gasteiger partial charge in [0.05, 0.1) is 12.2 Å². The fourth-order valence-electron chi connectivity index (χ4n) is 2.27. The highest BCUT2D eigenvalue weighted by molar-refractivity contribution is 4.58. The van der Waals surface area contributed by atoms with E-state index >= 15 is 0 Å². The minimum absolute atomic E-state index is 0.0805. The molecule has 0 aliphatic carbocycles. The normalized spacial score (nSPS) is 14.7. The Labute approximate surface area is 114 Å². The second kappa shape index (κ2) is 13.4. The lowest BCUT2D eigenvalue weighted by Gasteiger charge is -2.10. The van der Waals surface area contributed by atoms with Crippen LogP contribution in [0.3, 0.4) is 0 Å². The summed E-state index contributed by atoms with van der Waals surface area (Å²) in [6, 6.07) is 0. The average Bonchev–Trinajstić information content (AvgIpc) is 2.38. The van der Waals surface area contributed by atoms with Crippen LogP contribution in [-0.4, -0.2) is 22.4 Å². The van der Waals surface area contributed by atoms with Crippen molar-refractivity contribution in [2.24, 2.45) is 0 Å². The highest BCUT2D eigenvalue weighted by Crippen LogP contribution is 2.13. The van der Waals surface area contributed by atoms with Crippen LogP contribution in [0.15, 0.2) is 0 Å². The van der Waals surface area contributed by atoms with Gasteiger partial charge in [-0.3, -0.25) is 0 Å². The van der Waals surface area contributed by atoms with Crippen molar-refractivity contribution >= 4 is 0 Å². The third-order valence-electron chi connectivity index (χ3n) is 3.69. The molecule has 0 aliphatic heterocycles. The summed E-state index contributed by atoms with van der Waals surface area (Å²) in [7, 11) is 0. The molecule has 0 bridgehead atoms. The summed E-state index contributed by atoms with van der Waals surface area (Å²) in [6.45, 7) is 4.24. The van der Waals surface area contributed by atoms with E-state index in [-0.39, 0.29) is 12.2 Å². The van der Waals surface area contributed by atoms with Gasteiger partial charge in [-0.2, -0.15) is 0 Å². The van der Waals surface area contributed by atoms with E-state index in [0.29, 0.717) is 0 Å². The molecule has 0 spiro atoms. The quantitative estimate of drug-likeness (QED) is 0.480. The van der Waals surface area contributed by atoms with Gasteiger partial charge in [0.15, 0.2) is 0 Å². The Kier molecular flexibility index (Phi) is 13.3. The maximum absolute atomic E-state index is 9.79. The van der Waals surface area contributed by atoms with E-state index in [1.165, 1.54) is 38.5 Å². The molecule has 0 aromatic rings. The summed E-state index contributed by atoms with van der Waals surface area (Å²) >= 11 is 0. The smallest absolute Gasteiger partial charge is 0.0540 e. The highest BCUT2D eigenvalue weighted by Gasteiger charge is 2.04. The summed E-state index contributed by atoms with van der Waals surface area (Å²) in [6.07, 6.45) is 13.2.